The molecule has 0 bridgehead atoms. The molecule has 1 aromatic heterocycles. The van der Waals surface area contributed by atoms with Crippen LogP contribution >= 0.6 is 34.5 Å². The average Bonchev–Trinajstić information content (AvgIpc) is 3.30. The molecular weight excluding hydrogens is 529 g/mol. The predicted octanol–water partition coefficient (Wildman–Crippen LogP) is 4.30. The van der Waals surface area contributed by atoms with Gasteiger partial charge in [-0.25, -0.2) is 4.79 Å². The minimum absolute atomic E-state index is 0.00436. The highest BCUT2D eigenvalue weighted by atomic mass is 35.5. The van der Waals surface area contributed by atoms with Crippen molar-refractivity contribution in [3.05, 3.63) is 79.5 Å². The highest BCUT2D eigenvalue weighted by Crippen LogP contribution is 2.28. The fourth-order valence-electron chi connectivity index (χ4n) is 3.59. The lowest BCUT2D eigenvalue weighted by atomic mass is 10.1. The van der Waals surface area contributed by atoms with Gasteiger partial charge >= 0.3 is 5.97 Å². The molecule has 3 N–H and O–H groups in total. The van der Waals surface area contributed by atoms with E-state index in [0.717, 1.165) is 11.3 Å². The molecule has 1 aliphatic heterocycles. The number of aromatic carboxylic acids is 1. The zero-order valence-corrected chi connectivity index (χ0v) is 20.9. The number of morpholine rings is 1. The van der Waals surface area contributed by atoms with Crippen LogP contribution in [-0.2, 0) is 16.1 Å². The Morgan fingerprint density at radius 1 is 1.06 bits per heavy atom. The summed E-state index contributed by atoms with van der Waals surface area (Å²) in [5, 5.41) is 15.2. The number of carbonyl (C=O) groups excluding carboxylic acids is 3. The second kappa shape index (κ2) is 11.1. The van der Waals surface area contributed by atoms with E-state index in [9.17, 15) is 24.3 Å². The van der Waals surface area contributed by atoms with Gasteiger partial charge < -0.3 is 25.4 Å². The Morgan fingerprint density at radius 2 is 1.81 bits per heavy atom. The van der Waals surface area contributed by atoms with Gasteiger partial charge in [-0.2, -0.15) is 0 Å². The monoisotopic (exact) mass is 547 g/mol. The Labute approximate surface area is 219 Å². The summed E-state index contributed by atoms with van der Waals surface area (Å²) in [6.45, 7) is 0.726. The lowest BCUT2D eigenvalue weighted by molar-refractivity contribution is -0.125. The maximum absolute atomic E-state index is 13.0. The van der Waals surface area contributed by atoms with Crippen LogP contribution in [0.3, 0.4) is 0 Å². The Hall–Kier alpha value is -3.44. The predicted molar refractivity (Wildman–Crippen MR) is 136 cm³/mol. The van der Waals surface area contributed by atoms with E-state index in [4.69, 9.17) is 27.9 Å². The van der Waals surface area contributed by atoms with Crippen molar-refractivity contribution in [3.8, 4) is 0 Å². The fraction of sp³-hybridized carbons (Fsp3) is 0.167. The Balaban J connectivity index is 1.55. The van der Waals surface area contributed by atoms with Crippen LogP contribution in [-0.4, -0.2) is 48.6 Å². The second-order valence-electron chi connectivity index (χ2n) is 7.68. The van der Waals surface area contributed by atoms with Crippen molar-refractivity contribution in [2.24, 2.45) is 0 Å². The number of rotatable bonds is 7. The van der Waals surface area contributed by atoms with Crippen molar-refractivity contribution in [1.82, 2.24) is 5.32 Å². The Kier molecular flexibility index (Phi) is 7.90. The van der Waals surface area contributed by atoms with Crippen LogP contribution < -0.4 is 15.5 Å². The van der Waals surface area contributed by atoms with Gasteiger partial charge in [0.25, 0.3) is 17.7 Å². The quantitative estimate of drug-likeness (QED) is 0.405. The molecule has 2 heterocycles. The third-order valence-electron chi connectivity index (χ3n) is 5.32. The first-order valence-corrected chi connectivity index (χ1v) is 12.2. The molecule has 0 spiro atoms. The molecule has 12 heteroatoms. The minimum Gasteiger partial charge on any atom is -0.478 e. The molecule has 0 unspecified atom stereocenters. The minimum atomic E-state index is -1.30. The average molecular weight is 548 g/mol. The molecule has 186 valence electrons. The van der Waals surface area contributed by atoms with Crippen molar-refractivity contribution < 1.29 is 29.0 Å². The number of hydrogen-bond acceptors (Lipinski definition) is 6. The van der Waals surface area contributed by atoms with E-state index < -0.39 is 17.8 Å². The molecule has 0 aliphatic carbocycles. The van der Waals surface area contributed by atoms with Gasteiger partial charge in [0, 0.05) is 29.4 Å². The SMILES string of the molecule is O=C(Nc1c(CNC(=O)c2ccc(Cl)s2)cc(Cl)cc1C(=O)O)c1ccc(N2CCOCC2=O)cc1. The van der Waals surface area contributed by atoms with Gasteiger partial charge in [-0.3, -0.25) is 14.4 Å². The molecule has 3 amide bonds. The smallest absolute Gasteiger partial charge is 0.337 e. The van der Waals surface area contributed by atoms with Crippen LogP contribution in [0.2, 0.25) is 9.36 Å². The van der Waals surface area contributed by atoms with Crippen LogP contribution in [0.5, 0.6) is 0 Å². The van der Waals surface area contributed by atoms with Crippen LogP contribution in [0.4, 0.5) is 11.4 Å². The lowest BCUT2D eigenvalue weighted by Crippen LogP contribution is -2.41. The molecule has 2 aromatic carbocycles. The fourth-order valence-corrected chi connectivity index (χ4v) is 4.79. The standard InChI is InChI=1S/C24H19Cl2N3O6S/c25-15-9-14(11-27-23(32)18-5-6-19(26)36-18)21(17(10-15)24(33)34)28-22(31)13-1-3-16(4-2-13)29-7-8-35-12-20(29)30/h1-6,9-10H,7-8,11-12H2,(H,27,32)(H,28,31)(H,33,34). The van der Waals surface area contributed by atoms with Crippen molar-refractivity contribution in [2.75, 3.05) is 30.0 Å². The van der Waals surface area contributed by atoms with Crippen molar-refractivity contribution >= 4 is 69.6 Å². The first-order chi connectivity index (χ1) is 17.2. The van der Waals surface area contributed by atoms with E-state index in [0.29, 0.717) is 33.6 Å². The van der Waals surface area contributed by atoms with Gasteiger partial charge in [0.1, 0.15) is 6.61 Å². The molecule has 1 saturated heterocycles. The number of nitrogens with one attached hydrogen (secondary N) is 2. The maximum Gasteiger partial charge on any atom is 0.337 e. The number of halogens is 2. The number of amides is 3. The van der Waals surface area contributed by atoms with Crippen molar-refractivity contribution in [3.63, 3.8) is 0 Å². The summed E-state index contributed by atoms with van der Waals surface area (Å²) >= 11 is 13.1. The highest BCUT2D eigenvalue weighted by Gasteiger charge is 2.22. The Bertz CT molecular complexity index is 1340. The number of carbonyl (C=O) groups is 4. The number of carboxylic acid groups (broad SMARTS) is 1. The van der Waals surface area contributed by atoms with E-state index in [1.54, 1.807) is 29.2 Å². The molecule has 3 aromatic rings. The number of anilines is 2. The number of nitrogens with zero attached hydrogens (tertiary/aromatic N) is 1. The van der Waals surface area contributed by atoms with Gasteiger partial charge in [0.05, 0.1) is 27.1 Å². The van der Waals surface area contributed by atoms with Crippen LogP contribution in [0, 0.1) is 0 Å². The largest absolute Gasteiger partial charge is 0.478 e. The third kappa shape index (κ3) is 5.85. The Morgan fingerprint density at radius 3 is 2.44 bits per heavy atom. The van der Waals surface area contributed by atoms with E-state index in [1.165, 1.54) is 24.3 Å². The molecule has 1 aliphatic rings. The number of benzene rings is 2. The number of ether oxygens (including phenoxy) is 1. The summed E-state index contributed by atoms with van der Waals surface area (Å²) in [5.41, 5.74) is 0.951. The summed E-state index contributed by atoms with van der Waals surface area (Å²) < 4.78 is 5.58. The number of hydrogen-bond donors (Lipinski definition) is 3. The molecular formula is C24H19Cl2N3O6S. The van der Waals surface area contributed by atoms with Gasteiger partial charge in [0.2, 0.25) is 0 Å². The molecule has 0 saturated carbocycles. The van der Waals surface area contributed by atoms with E-state index in [2.05, 4.69) is 10.6 Å². The van der Waals surface area contributed by atoms with Crippen LogP contribution in [0.1, 0.15) is 36.0 Å². The summed E-state index contributed by atoms with van der Waals surface area (Å²) in [6.07, 6.45) is 0. The van der Waals surface area contributed by atoms with E-state index in [1.807, 2.05) is 0 Å². The van der Waals surface area contributed by atoms with Gasteiger partial charge in [-0.1, -0.05) is 23.2 Å². The third-order valence-corrected chi connectivity index (χ3v) is 6.77. The summed E-state index contributed by atoms with van der Waals surface area (Å²) in [6, 6.07) is 12.2. The molecule has 1 fully saturated rings. The van der Waals surface area contributed by atoms with Gasteiger partial charge in [-0.15, -0.1) is 11.3 Å². The lowest BCUT2D eigenvalue weighted by Gasteiger charge is -2.26. The zero-order valence-electron chi connectivity index (χ0n) is 18.5. The van der Waals surface area contributed by atoms with Crippen molar-refractivity contribution in [2.45, 2.75) is 6.54 Å². The summed E-state index contributed by atoms with van der Waals surface area (Å²) in [7, 11) is 0. The van der Waals surface area contributed by atoms with E-state index in [-0.39, 0.29) is 40.9 Å². The number of carboxylic acids is 1. The zero-order chi connectivity index (χ0) is 25.8. The summed E-state index contributed by atoms with van der Waals surface area (Å²) in [5.74, 6) is -2.46. The first kappa shape index (κ1) is 25.6. The first-order valence-electron chi connectivity index (χ1n) is 10.6. The molecule has 36 heavy (non-hydrogen) atoms. The topological polar surface area (TPSA) is 125 Å². The second-order valence-corrected chi connectivity index (χ2v) is 9.83. The van der Waals surface area contributed by atoms with Crippen LogP contribution in [0.25, 0.3) is 0 Å². The van der Waals surface area contributed by atoms with E-state index >= 15 is 0 Å². The highest BCUT2D eigenvalue weighted by molar-refractivity contribution is 7.18. The van der Waals surface area contributed by atoms with Crippen molar-refractivity contribution in [1.29, 1.82) is 0 Å². The number of thiophene rings is 1. The molecule has 0 radical (unpaired) electrons. The normalized spacial score (nSPS) is 13.4. The van der Waals surface area contributed by atoms with Gasteiger partial charge in [-0.05, 0) is 54.1 Å². The molecule has 9 nitrogen and oxygen atoms in total. The van der Waals surface area contributed by atoms with Crippen LogP contribution in [0.15, 0.2) is 48.5 Å². The summed E-state index contributed by atoms with van der Waals surface area (Å²) in [4.78, 5) is 51.3. The molecule has 0 atom stereocenters. The maximum atomic E-state index is 13.0. The molecule has 4 rings (SSSR count). The van der Waals surface area contributed by atoms with Gasteiger partial charge in [0.15, 0.2) is 0 Å².